The standard InChI is InChI=1S/C27H33NO4/c1-19(2)12-23-13-22(9-8-20-6-4-3-5-7-20)16-28(17-24(23)29)27(30)15-21-10-11-25-26(14-21)32-18-31-25/h3-7,10-11,14,19,22-23H,8-9,12-13,15-18H2,1-2H3. The van der Waals surface area contributed by atoms with Crippen LogP contribution in [0.2, 0.25) is 0 Å². The highest BCUT2D eigenvalue weighted by molar-refractivity contribution is 5.89. The van der Waals surface area contributed by atoms with Crippen molar-refractivity contribution in [2.45, 2.75) is 46.0 Å². The van der Waals surface area contributed by atoms with Crippen LogP contribution in [0.4, 0.5) is 0 Å². The Morgan fingerprint density at radius 2 is 1.84 bits per heavy atom. The third kappa shape index (κ3) is 5.70. The number of hydrogen-bond donors (Lipinski definition) is 0. The Kier molecular flexibility index (Phi) is 7.13. The zero-order chi connectivity index (χ0) is 22.5. The van der Waals surface area contributed by atoms with Gasteiger partial charge in [-0.3, -0.25) is 9.59 Å². The number of likely N-dealkylation sites (tertiary alicyclic amines) is 1. The summed E-state index contributed by atoms with van der Waals surface area (Å²) in [5, 5.41) is 0. The zero-order valence-electron chi connectivity index (χ0n) is 19.1. The topological polar surface area (TPSA) is 55.8 Å². The van der Waals surface area contributed by atoms with Gasteiger partial charge < -0.3 is 14.4 Å². The molecule has 0 saturated carbocycles. The highest BCUT2D eigenvalue weighted by Crippen LogP contribution is 2.33. The van der Waals surface area contributed by atoms with Crippen LogP contribution in [-0.2, 0) is 22.4 Å². The van der Waals surface area contributed by atoms with Crippen molar-refractivity contribution in [3.8, 4) is 11.5 Å². The molecule has 1 saturated heterocycles. The first-order valence-electron chi connectivity index (χ1n) is 11.7. The van der Waals surface area contributed by atoms with Crippen LogP contribution >= 0.6 is 0 Å². The van der Waals surface area contributed by atoms with Crippen molar-refractivity contribution in [3.63, 3.8) is 0 Å². The lowest BCUT2D eigenvalue weighted by Gasteiger charge is -2.24. The van der Waals surface area contributed by atoms with Crippen molar-refractivity contribution in [1.29, 1.82) is 0 Å². The van der Waals surface area contributed by atoms with Crippen LogP contribution in [0, 0.1) is 17.8 Å². The molecule has 170 valence electrons. The smallest absolute Gasteiger partial charge is 0.231 e. The molecule has 4 rings (SSSR count). The summed E-state index contributed by atoms with van der Waals surface area (Å²) in [5.41, 5.74) is 2.19. The van der Waals surface area contributed by atoms with Crippen LogP contribution < -0.4 is 9.47 Å². The second-order valence-electron chi connectivity index (χ2n) is 9.56. The minimum absolute atomic E-state index is 0.00660. The summed E-state index contributed by atoms with van der Waals surface area (Å²) in [7, 11) is 0. The molecule has 0 aliphatic carbocycles. The maximum Gasteiger partial charge on any atom is 0.231 e. The fourth-order valence-electron chi connectivity index (χ4n) is 4.85. The Balaban J connectivity index is 1.45. The first-order chi connectivity index (χ1) is 15.5. The number of carbonyl (C=O) groups is 2. The number of fused-ring (bicyclic) bond motifs is 1. The van der Waals surface area contributed by atoms with E-state index in [0.717, 1.165) is 31.2 Å². The average molecular weight is 436 g/mol. The summed E-state index contributed by atoms with van der Waals surface area (Å²) in [6.45, 7) is 5.42. The number of aryl methyl sites for hydroxylation is 1. The normalized spacial score (nSPS) is 20.5. The lowest BCUT2D eigenvalue weighted by atomic mass is 9.84. The van der Waals surface area contributed by atoms with Gasteiger partial charge in [0, 0.05) is 12.5 Å². The minimum Gasteiger partial charge on any atom is -0.454 e. The van der Waals surface area contributed by atoms with E-state index < -0.39 is 0 Å². The predicted octanol–water partition coefficient (Wildman–Crippen LogP) is 4.67. The van der Waals surface area contributed by atoms with E-state index in [1.807, 2.05) is 24.3 Å². The van der Waals surface area contributed by atoms with E-state index in [1.165, 1.54) is 5.56 Å². The van der Waals surface area contributed by atoms with Gasteiger partial charge in [-0.25, -0.2) is 0 Å². The molecule has 2 unspecified atom stereocenters. The number of carbonyl (C=O) groups excluding carboxylic acids is 2. The highest BCUT2D eigenvalue weighted by Gasteiger charge is 2.32. The van der Waals surface area contributed by atoms with Crippen molar-refractivity contribution in [2.24, 2.45) is 17.8 Å². The first kappa shape index (κ1) is 22.4. The molecule has 0 spiro atoms. The Morgan fingerprint density at radius 3 is 2.62 bits per heavy atom. The van der Waals surface area contributed by atoms with E-state index in [-0.39, 0.29) is 37.4 Å². The minimum atomic E-state index is 0.00660. The third-order valence-electron chi connectivity index (χ3n) is 6.48. The van der Waals surface area contributed by atoms with Crippen molar-refractivity contribution >= 4 is 11.7 Å². The van der Waals surface area contributed by atoms with Gasteiger partial charge in [-0.2, -0.15) is 0 Å². The van der Waals surface area contributed by atoms with E-state index in [2.05, 4.69) is 38.1 Å². The van der Waals surface area contributed by atoms with Gasteiger partial charge >= 0.3 is 0 Å². The molecule has 0 aromatic heterocycles. The van der Waals surface area contributed by atoms with Crippen LogP contribution in [0.5, 0.6) is 11.5 Å². The van der Waals surface area contributed by atoms with Gasteiger partial charge in [0.25, 0.3) is 0 Å². The molecule has 2 aromatic rings. The van der Waals surface area contributed by atoms with Gasteiger partial charge in [-0.1, -0.05) is 50.2 Å². The largest absolute Gasteiger partial charge is 0.454 e. The second-order valence-corrected chi connectivity index (χ2v) is 9.56. The zero-order valence-corrected chi connectivity index (χ0v) is 19.1. The highest BCUT2D eigenvalue weighted by atomic mass is 16.7. The first-order valence-corrected chi connectivity index (χ1v) is 11.7. The molecular weight excluding hydrogens is 402 g/mol. The van der Waals surface area contributed by atoms with Gasteiger partial charge in [0.15, 0.2) is 17.3 Å². The van der Waals surface area contributed by atoms with Crippen molar-refractivity contribution in [2.75, 3.05) is 19.9 Å². The van der Waals surface area contributed by atoms with Crippen LogP contribution in [-0.4, -0.2) is 36.5 Å². The van der Waals surface area contributed by atoms with Gasteiger partial charge in [0.05, 0.1) is 13.0 Å². The molecule has 2 atom stereocenters. The van der Waals surface area contributed by atoms with Gasteiger partial charge in [-0.05, 0) is 60.8 Å². The van der Waals surface area contributed by atoms with Gasteiger partial charge in [0.1, 0.15) is 0 Å². The number of nitrogens with zero attached hydrogens (tertiary/aromatic N) is 1. The Bertz CT molecular complexity index is 940. The molecule has 0 N–H and O–H groups in total. The van der Waals surface area contributed by atoms with E-state index in [9.17, 15) is 9.59 Å². The molecule has 32 heavy (non-hydrogen) atoms. The van der Waals surface area contributed by atoms with Crippen molar-refractivity contribution in [3.05, 3.63) is 59.7 Å². The maximum atomic E-state index is 13.2. The van der Waals surface area contributed by atoms with Crippen molar-refractivity contribution in [1.82, 2.24) is 4.90 Å². The summed E-state index contributed by atoms with van der Waals surface area (Å²) < 4.78 is 10.8. The van der Waals surface area contributed by atoms with Crippen LogP contribution in [0.1, 0.15) is 44.2 Å². The van der Waals surface area contributed by atoms with Gasteiger partial charge in [0.2, 0.25) is 12.7 Å². The maximum absolute atomic E-state index is 13.2. The molecular formula is C27H33NO4. The molecule has 1 fully saturated rings. The number of ether oxygens (including phenoxy) is 2. The SMILES string of the molecule is CC(C)CC1CC(CCc2ccccc2)CN(C(=O)Cc2ccc3c(c2)OCO3)CC1=O. The summed E-state index contributed by atoms with van der Waals surface area (Å²) >= 11 is 0. The lowest BCUT2D eigenvalue weighted by Crippen LogP contribution is -2.38. The number of amides is 1. The number of Topliss-reactive ketones (excluding diaryl/α,β-unsaturated/α-hetero) is 1. The Labute approximate surface area is 190 Å². The van der Waals surface area contributed by atoms with E-state index >= 15 is 0 Å². The Morgan fingerprint density at radius 1 is 1.06 bits per heavy atom. The van der Waals surface area contributed by atoms with E-state index in [4.69, 9.17) is 9.47 Å². The number of hydrogen-bond acceptors (Lipinski definition) is 4. The van der Waals surface area contributed by atoms with Crippen LogP contribution in [0.3, 0.4) is 0 Å². The van der Waals surface area contributed by atoms with Crippen LogP contribution in [0.25, 0.3) is 0 Å². The molecule has 2 heterocycles. The predicted molar refractivity (Wildman–Crippen MR) is 124 cm³/mol. The summed E-state index contributed by atoms with van der Waals surface area (Å²) in [6, 6.07) is 16.1. The lowest BCUT2D eigenvalue weighted by molar-refractivity contribution is -0.135. The number of benzene rings is 2. The molecule has 0 radical (unpaired) electrons. The number of ketones is 1. The summed E-state index contributed by atoms with van der Waals surface area (Å²) in [6.07, 6.45) is 3.99. The summed E-state index contributed by atoms with van der Waals surface area (Å²) in [4.78, 5) is 28.1. The van der Waals surface area contributed by atoms with E-state index in [0.29, 0.717) is 29.9 Å². The third-order valence-corrected chi connectivity index (χ3v) is 6.48. The molecule has 2 aliphatic rings. The Hall–Kier alpha value is -2.82. The molecule has 1 amide bonds. The fourth-order valence-corrected chi connectivity index (χ4v) is 4.85. The van der Waals surface area contributed by atoms with Crippen molar-refractivity contribution < 1.29 is 19.1 Å². The molecule has 5 nitrogen and oxygen atoms in total. The summed E-state index contributed by atoms with van der Waals surface area (Å²) in [5.74, 6) is 2.44. The van der Waals surface area contributed by atoms with E-state index in [1.54, 1.807) is 4.90 Å². The second kappa shape index (κ2) is 10.2. The quantitative estimate of drug-likeness (QED) is 0.634. The molecule has 5 heteroatoms. The fraction of sp³-hybridized carbons (Fsp3) is 0.481. The molecule has 2 aromatic carbocycles. The van der Waals surface area contributed by atoms with Crippen LogP contribution in [0.15, 0.2) is 48.5 Å². The number of rotatable bonds is 7. The average Bonchev–Trinajstić information content (AvgIpc) is 3.18. The monoisotopic (exact) mass is 435 g/mol. The van der Waals surface area contributed by atoms with Gasteiger partial charge in [-0.15, -0.1) is 0 Å². The molecule has 0 bridgehead atoms. The molecule has 2 aliphatic heterocycles.